The highest BCUT2D eigenvalue weighted by molar-refractivity contribution is 6.29. The van der Waals surface area contributed by atoms with Crippen molar-refractivity contribution in [2.24, 2.45) is 14.1 Å². The topological polar surface area (TPSA) is 78.9 Å². The van der Waals surface area contributed by atoms with Gasteiger partial charge in [-0.1, -0.05) is 12.1 Å². The molecule has 8 heteroatoms. The number of carbonyl (C=O) groups excluding carboxylic acids is 1. The Kier molecular flexibility index (Phi) is 4.12. The van der Waals surface area contributed by atoms with Crippen LogP contribution in [0.25, 0.3) is 11.2 Å². The molecule has 2 heterocycles. The molecule has 7 nitrogen and oxygen atoms in total. The van der Waals surface area contributed by atoms with Gasteiger partial charge >= 0.3 is 5.69 Å². The summed E-state index contributed by atoms with van der Waals surface area (Å²) >= 11 is 6.14. The second kappa shape index (κ2) is 6.00. The van der Waals surface area contributed by atoms with E-state index in [1.54, 1.807) is 12.1 Å². The SMILES string of the molecule is Cc1ccc(C(=O)Cn2c(Cl)nc3c2c(=O)n(C)c(=O)n3C)cc1C. The van der Waals surface area contributed by atoms with Crippen LogP contribution < -0.4 is 11.2 Å². The lowest BCUT2D eigenvalue weighted by Crippen LogP contribution is -2.37. The Morgan fingerprint density at radius 3 is 2.44 bits per heavy atom. The first-order chi connectivity index (χ1) is 11.7. The summed E-state index contributed by atoms with van der Waals surface area (Å²) in [5.74, 6) is -0.194. The smallest absolute Gasteiger partial charge is 0.301 e. The van der Waals surface area contributed by atoms with Gasteiger partial charge in [-0.2, -0.15) is 4.98 Å². The number of fused-ring (bicyclic) bond motifs is 1. The summed E-state index contributed by atoms with van der Waals surface area (Å²) in [4.78, 5) is 41.2. The number of rotatable bonds is 3. The van der Waals surface area contributed by atoms with E-state index < -0.39 is 11.2 Å². The number of aromatic nitrogens is 4. The van der Waals surface area contributed by atoms with Crippen LogP contribution in [0.4, 0.5) is 0 Å². The van der Waals surface area contributed by atoms with E-state index in [1.807, 2.05) is 19.9 Å². The minimum atomic E-state index is -0.537. The maximum Gasteiger partial charge on any atom is 0.332 e. The Labute approximate surface area is 148 Å². The van der Waals surface area contributed by atoms with Crippen molar-refractivity contribution < 1.29 is 4.79 Å². The summed E-state index contributed by atoms with van der Waals surface area (Å²) in [6, 6.07) is 5.42. The molecule has 130 valence electrons. The molecule has 0 fully saturated rings. The van der Waals surface area contributed by atoms with Crippen LogP contribution in [-0.4, -0.2) is 24.5 Å². The van der Waals surface area contributed by atoms with Crippen molar-refractivity contribution in [1.29, 1.82) is 0 Å². The minimum absolute atomic E-state index is 0.00881. The van der Waals surface area contributed by atoms with E-state index in [2.05, 4.69) is 4.98 Å². The summed E-state index contributed by atoms with van der Waals surface area (Å²) in [5.41, 5.74) is 1.88. The molecule has 25 heavy (non-hydrogen) atoms. The molecule has 0 unspecified atom stereocenters. The Hall–Kier alpha value is -2.67. The van der Waals surface area contributed by atoms with Crippen LogP contribution in [0, 0.1) is 13.8 Å². The van der Waals surface area contributed by atoms with Crippen LogP contribution >= 0.6 is 11.6 Å². The van der Waals surface area contributed by atoms with E-state index in [0.717, 1.165) is 15.7 Å². The molecule has 0 bridgehead atoms. The highest BCUT2D eigenvalue weighted by Crippen LogP contribution is 2.17. The van der Waals surface area contributed by atoms with Gasteiger partial charge in [0.2, 0.25) is 5.28 Å². The third-order valence-electron chi connectivity index (χ3n) is 4.43. The van der Waals surface area contributed by atoms with Gasteiger partial charge in [-0.05, 0) is 42.6 Å². The molecular weight excluding hydrogens is 344 g/mol. The van der Waals surface area contributed by atoms with E-state index in [1.165, 1.54) is 23.2 Å². The fourth-order valence-electron chi connectivity index (χ4n) is 2.71. The third kappa shape index (κ3) is 2.70. The number of imidazole rings is 1. The van der Waals surface area contributed by atoms with Crippen molar-refractivity contribution >= 4 is 28.5 Å². The predicted octanol–water partition coefficient (Wildman–Crippen LogP) is 1.59. The number of hydrogen-bond donors (Lipinski definition) is 0. The quantitative estimate of drug-likeness (QED) is 0.525. The molecular formula is C17H17ClN4O3. The minimum Gasteiger partial charge on any atom is -0.301 e. The first-order valence-corrected chi connectivity index (χ1v) is 8.02. The van der Waals surface area contributed by atoms with Crippen LogP contribution in [0.5, 0.6) is 0 Å². The van der Waals surface area contributed by atoms with Crippen LogP contribution in [0.3, 0.4) is 0 Å². The number of benzene rings is 1. The maximum atomic E-state index is 12.6. The van der Waals surface area contributed by atoms with E-state index in [9.17, 15) is 14.4 Å². The molecule has 0 spiro atoms. The first kappa shape index (κ1) is 17.2. The summed E-state index contributed by atoms with van der Waals surface area (Å²) in [5, 5.41) is -0.00881. The number of ketones is 1. The van der Waals surface area contributed by atoms with Crippen molar-refractivity contribution in [3.8, 4) is 0 Å². The zero-order chi connectivity index (χ0) is 18.5. The van der Waals surface area contributed by atoms with Crippen molar-refractivity contribution in [3.05, 3.63) is 61.0 Å². The van der Waals surface area contributed by atoms with Crippen molar-refractivity contribution in [1.82, 2.24) is 18.7 Å². The molecule has 0 aliphatic heterocycles. The second-order valence-electron chi connectivity index (χ2n) is 6.07. The summed E-state index contributed by atoms with van der Waals surface area (Å²) in [7, 11) is 2.88. The van der Waals surface area contributed by atoms with Gasteiger partial charge < -0.3 is 4.57 Å². The standard InChI is InChI=1S/C17H17ClN4O3/c1-9-5-6-11(7-10(9)2)12(23)8-22-13-14(19-16(22)18)20(3)17(25)21(4)15(13)24/h5-7H,8H2,1-4H3. The van der Waals surface area contributed by atoms with Crippen LogP contribution in [0.15, 0.2) is 27.8 Å². The van der Waals surface area contributed by atoms with Gasteiger partial charge in [-0.25, -0.2) is 4.79 Å². The summed E-state index contributed by atoms with van der Waals surface area (Å²) in [6.07, 6.45) is 0. The Morgan fingerprint density at radius 1 is 1.12 bits per heavy atom. The molecule has 0 saturated carbocycles. The Balaban J connectivity index is 2.15. The molecule has 1 aromatic carbocycles. The molecule has 3 aromatic rings. The highest BCUT2D eigenvalue weighted by atomic mass is 35.5. The van der Waals surface area contributed by atoms with Gasteiger partial charge in [0.25, 0.3) is 5.56 Å². The van der Waals surface area contributed by atoms with Gasteiger partial charge in [-0.3, -0.25) is 18.7 Å². The Morgan fingerprint density at radius 2 is 1.80 bits per heavy atom. The molecule has 0 atom stereocenters. The molecule has 3 rings (SSSR count). The molecule has 0 aliphatic carbocycles. The molecule has 0 N–H and O–H groups in total. The van der Waals surface area contributed by atoms with Crippen LogP contribution in [-0.2, 0) is 20.6 Å². The van der Waals surface area contributed by atoms with Gasteiger partial charge in [0.15, 0.2) is 16.9 Å². The molecule has 0 radical (unpaired) electrons. The van der Waals surface area contributed by atoms with Crippen LogP contribution in [0.1, 0.15) is 21.5 Å². The fourth-order valence-corrected chi connectivity index (χ4v) is 2.94. The van der Waals surface area contributed by atoms with E-state index >= 15 is 0 Å². The van der Waals surface area contributed by atoms with Gasteiger partial charge in [0.05, 0.1) is 6.54 Å². The third-order valence-corrected chi connectivity index (χ3v) is 4.72. The molecule has 0 amide bonds. The number of nitrogens with zero attached hydrogens (tertiary/aromatic N) is 4. The van der Waals surface area contributed by atoms with Gasteiger partial charge in [0.1, 0.15) is 0 Å². The largest absolute Gasteiger partial charge is 0.332 e. The lowest BCUT2D eigenvalue weighted by atomic mass is 10.0. The lowest BCUT2D eigenvalue weighted by molar-refractivity contribution is 0.0973. The van der Waals surface area contributed by atoms with Gasteiger partial charge in [-0.15, -0.1) is 0 Å². The first-order valence-electron chi connectivity index (χ1n) is 7.64. The maximum absolute atomic E-state index is 12.6. The molecule has 0 aliphatic rings. The van der Waals surface area contributed by atoms with E-state index in [-0.39, 0.29) is 28.8 Å². The number of aryl methyl sites for hydroxylation is 3. The zero-order valence-electron chi connectivity index (χ0n) is 14.3. The number of halogens is 1. The highest BCUT2D eigenvalue weighted by Gasteiger charge is 2.20. The molecule has 0 saturated heterocycles. The number of hydrogen-bond acceptors (Lipinski definition) is 4. The summed E-state index contributed by atoms with van der Waals surface area (Å²) < 4.78 is 3.55. The van der Waals surface area contributed by atoms with Crippen molar-refractivity contribution in [2.45, 2.75) is 20.4 Å². The van der Waals surface area contributed by atoms with E-state index in [0.29, 0.717) is 5.56 Å². The predicted molar refractivity (Wildman–Crippen MR) is 95.5 cm³/mol. The normalized spacial score (nSPS) is 11.2. The monoisotopic (exact) mass is 360 g/mol. The van der Waals surface area contributed by atoms with E-state index in [4.69, 9.17) is 11.6 Å². The lowest BCUT2D eigenvalue weighted by Gasteiger charge is -2.08. The number of carbonyl (C=O) groups is 1. The van der Waals surface area contributed by atoms with Crippen molar-refractivity contribution in [2.75, 3.05) is 0 Å². The second-order valence-corrected chi connectivity index (χ2v) is 6.41. The molecule has 2 aromatic heterocycles. The van der Waals surface area contributed by atoms with Crippen molar-refractivity contribution in [3.63, 3.8) is 0 Å². The zero-order valence-corrected chi connectivity index (χ0v) is 15.1. The van der Waals surface area contributed by atoms with Crippen LogP contribution in [0.2, 0.25) is 5.28 Å². The average Bonchev–Trinajstić information content (AvgIpc) is 2.90. The fraction of sp³-hybridized carbons (Fsp3) is 0.294. The number of Topliss-reactive ketones (excluding diaryl/α,β-unsaturated/α-hetero) is 1. The van der Waals surface area contributed by atoms with Gasteiger partial charge in [0, 0.05) is 19.7 Å². The summed E-state index contributed by atoms with van der Waals surface area (Å²) in [6.45, 7) is 3.76. The Bertz CT molecular complexity index is 1140. The average molecular weight is 361 g/mol.